The quantitative estimate of drug-likeness (QED) is 0.790. The van der Waals surface area contributed by atoms with Gasteiger partial charge in [0.25, 0.3) is 0 Å². The summed E-state index contributed by atoms with van der Waals surface area (Å²) in [5.74, 6) is -0.0163. The van der Waals surface area contributed by atoms with Crippen molar-refractivity contribution < 1.29 is 9.53 Å². The van der Waals surface area contributed by atoms with E-state index in [4.69, 9.17) is 4.74 Å². The van der Waals surface area contributed by atoms with Gasteiger partial charge in [-0.15, -0.1) is 0 Å². The standard InChI is InChI=1S/C18H25NO2/c1-12(2)16(17(20)21-6)19-15-10-8-7-9-14(15)13(3)11-18(19,4)5/h7-12,16H,1-6H3. The molecule has 3 heteroatoms. The number of carbonyl (C=O) groups is 1. The van der Waals surface area contributed by atoms with Gasteiger partial charge in [0.05, 0.1) is 12.6 Å². The number of hydrogen-bond donors (Lipinski definition) is 0. The molecule has 0 aliphatic carbocycles. The average Bonchev–Trinajstić information content (AvgIpc) is 2.41. The van der Waals surface area contributed by atoms with Gasteiger partial charge in [-0.25, -0.2) is 4.79 Å². The number of benzene rings is 1. The number of carbonyl (C=O) groups excluding carboxylic acids is 1. The molecule has 1 unspecified atom stereocenters. The minimum Gasteiger partial charge on any atom is -0.467 e. The Labute approximate surface area is 127 Å². The van der Waals surface area contributed by atoms with Crippen LogP contribution < -0.4 is 4.90 Å². The molecule has 0 amide bonds. The summed E-state index contributed by atoms with van der Waals surface area (Å²) in [6, 6.07) is 7.96. The second kappa shape index (κ2) is 5.55. The second-order valence-corrected chi connectivity index (χ2v) is 6.58. The number of methoxy groups -OCH3 is 1. The molecule has 0 saturated heterocycles. The summed E-state index contributed by atoms with van der Waals surface area (Å²) < 4.78 is 5.06. The number of ether oxygens (including phenoxy) is 1. The summed E-state index contributed by atoms with van der Waals surface area (Å²) in [6.45, 7) is 10.5. The number of anilines is 1. The third kappa shape index (κ3) is 2.69. The SMILES string of the molecule is COC(=O)C(C(C)C)N1c2ccccc2C(C)=CC1(C)C. The number of hydrogen-bond acceptors (Lipinski definition) is 3. The van der Waals surface area contributed by atoms with Gasteiger partial charge in [0.2, 0.25) is 0 Å². The van der Waals surface area contributed by atoms with Crippen molar-refractivity contribution in [2.24, 2.45) is 5.92 Å². The van der Waals surface area contributed by atoms with Crippen molar-refractivity contribution in [1.82, 2.24) is 0 Å². The van der Waals surface area contributed by atoms with Gasteiger partial charge in [0.15, 0.2) is 0 Å². The van der Waals surface area contributed by atoms with Crippen LogP contribution in [0.15, 0.2) is 30.3 Å². The van der Waals surface area contributed by atoms with Crippen LogP contribution in [0.25, 0.3) is 5.57 Å². The zero-order chi connectivity index (χ0) is 15.8. The molecule has 1 aliphatic heterocycles. The Morgan fingerprint density at radius 1 is 1.24 bits per heavy atom. The molecule has 1 heterocycles. The van der Waals surface area contributed by atoms with Crippen LogP contribution in [0.1, 0.15) is 40.2 Å². The normalized spacial score (nSPS) is 18.0. The van der Waals surface area contributed by atoms with Crippen LogP contribution in [0.2, 0.25) is 0 Å². The molecular weight excluding hydrogens is 262 g/mol. The summed E-state index contributed by atoms with van der Waals surface area (Å²) in [5, 5.41) is 0. The van der Waals surface area contributed by atoms with E-state index < -0.39 is 0 Å². The third-order valence-electron chi connectivity index (χ3n) is 4.13. The first-order valence-corrected chi connectivity index (χ1v) is 7.45. The van der Waals surface area contributed by atoms with Crippen LogP contribution in [-0.2, 0) is 9.53 Å². The maximum Gasteiger partial charge on any atom is 0.328 e. The smallest absolute Gasteiger partial charge is 0.328 e. The van der Waals surface area contributed by atoms with E-state index in [-0.39, 0.29) is 23.5 Å². The fourth-order valence-corrected chi connectivity index (χ4v) is 3.31. The van der Waals surface area contributed by atoms with Crippen LogP contribution in [0, 0.1) is 5.92 Å². The van der Waals surface area contributed by atoms with Crippen molar-refractivity contribution in [3.8, 4) is 0 Å². The van der Waals surface area contributed by atoms with Crippen molar-refractivity contribution in [1.29, 1.82) is 0 Å². The highest BCUT2D eigenvalue weighted by Gasteiger charge is 2.41. The monoisotopic (exact) mass is 287 g/mol. The lowest BCUT2D eigenvalue weighted by Gasteiger charge is -2.47. The van der Waals surface area contributed by atoms with Crippen LogP contribution in [-0.4, -0.2) is 24.7 Å². The molecule has 21 heavy (non-hydrogen) atoms. The molecule has 1 aliphatic rings. The molecule has 2 rings (SSSR count). The summed E-state index contributed by atoms with van der Waals surface area (Å²) in [6.07, 6.45) is 2.23. The van der Waals surface area contributed by atoms with Gasteiger partial charge in [0, 0.05) is 11.3 Å². The van der Waals surface area contributed by atoms with E-state index >= 15 is 0 Å². The fourth-order valence-electron chi connectivity index (χ4n) is 3.31. The fraction of sp³-hybridized carbons (Fsp3) is 0.500. The van der Waals surface area contributed by atoms with Gasteiger partial charge in [-0.3, -0.25) is 0 Å². The topological polar surface area (TPSA) is 29.5 Å². The maximum absolute atomic E-state index is 12.3. The van der Waals surface area contributed by atoms with Crippen molar-refractivity contribution >= 4 is 17.2 Å². The van der Waals surface area contributed by atoms with E-state index in [1.165, 1.54) is 18.2 Å². The second-order valence-electron chi connectivity index (χ2n) is 6.58. The summed E-state index contributed by atoms with van der Waals surface area (Å²) in [7, 11) is 1.46. The first kappa shape index (κ1) is 15.6. The highest BCUT2D eigenvalue weighted by molar-refractivity contribution is 5.87. The Hall–Kier alpha value is -1.77. The lowest BCUT2D eigenvalue weighted by atomic mass is 9.85. The highest BCUT2D eigenvalue weighted by atomic mass is 16.5. The average molecular weight is 287 g/mol. The lowest BCUT2D eigenvalue weighted by molar-refractivity contribution is -0.143. The van der Waals surface area contributed by atoms with Crippen molar-refractivity contribution in [2.45, 2.75) is 46.2 Å². The molecule has 1 atom stereocenters. The Morgan fingerprint density at radius 2 is 1.86 bits per heavy atom. The molecular formula is C18H25NO2. The molecule has 0 saturated carbocycles. The van der Waals surface area contributed by atoms with Crippen LogP contribution in [0.5, 0.6) is 0 Å². The molecule has 1 aromatic rings. The minimum absolute atomic E-state index is 0.164. The predicted octanol–water partition coefficient (Wildman–Crippen LogP) is 3.89. The lowest BCUT2D eigenvalue weighted by Crippen LogP contribution is -2.56. The van der Waals surface area contributed by atoms with E-state index in [0.29, 0.717) is 0 Å². The molecule has 0 fully saturated rings. The van der Waals surface area contributed by atoms with Crippen molar-refractivity contribution in [3.63, 3.8) is 0 Å². The first-order valence-electron chi connectivity index (χ1n) is 7.45. The molecule has 1 aromatic carbocycles. The minimum atomic E-state index is -0.296. The van der Waals surface area contributed by atoms with E-state index in [2.05, 4.69) is 57.7 Å². The predicted molar refractivity (Wildman–Crippen MR) is 87.3 cm³/mol. The number of esters is 1. The zero-order valence-corrected chi connectivity index (χ0v) is 13.8. The van der Waals surface area contributed by atoms with Gasteiger partial charge in [-0.2, -0.15) is 0 Å². The van der Waals surface area contributed by atoms with Crippen molar-refractivity contribution in [3.05, 3.63) is 35.9 Å². The van der Waals surface area contributed by atoms with E-state index in [1.807, 2.05) is 12.1 Å². The molecule has 114 valence electrons. The Balaban J connectivity index is 2.62. The number of fused-ring (bicyclic) bond motifs is 1. The van der Waals surface area contributed by atoms with Gasteiger partial charge >= 0.3 is 5.97 Å². The molecule has 0 aromatic heterocycles. The molecule has 0 spiro atoms. The van der Waals surface area contributed by atoms with E-state index in [0.717, 1.165) is 5.69 Å². The van der Waals surface area contributed by atoms with Crippen LogP contribution in [0.3, 0.4) is 0 Å². The van der Waals surface area contributed by atoms with Gasteiger partial charge in [-0.1, -0.05) is 38.1 Å². The summed E-state index contributed by atoms with van der Waals surface area (Å²) in [4.78, 5) is 14.5. The number of nitrogens with zero attached hydrogens (tertiary/aromatic N) is 1. The van der Waals surface area contributed by atoms with Gasteiger partial charge < -0.3 is 9.64 Å². The Morgan fingerprint density at radius 3 is 2.43 bits per heavy atom. The number of allylic oxidation sites excluding steroid dienone is 1. The molecule has 0 N–H and O–H groups in total. The number of para-hydroxylation sites is 1. The van der Waals surface area contributed by atoms with E-state index in [1.54, 1.807) is 0 Å². The highest BCUT2D eigenvalue weighted by Crippen LogP contribution is 2.41. The number of rotatable bonds is 3. The summed E-state index contributed by atoms with van der Waals surface area (Å²) in [5.41, 5.74) is 3.30. The molecule has 0 bridgehead atoms. The maximum atomic E-state index is 12.3. The third-order valence-corrected chi connectivity index (χ3v) is 4.13. The first-order chi connectivity index (χ1) is 9.79. The molecule has 0 radical (unpaired) electrons. The largest absolute Gasteiger partial charge is 0.467 e. The van der Waals surface area contributed by atoms with Gasteiger partial charge in [-0.05, 0) is 38.3 Å². The summed E-state index contributed by atoms with van der Waals surface area (Å²) >= 11 is 0. The van der Waals surface area contributed by atoms with Crippen LogP contribution >= 0.6 is 0 Å². The Bertz CT molecular complexity index is 572. The van der Waals surface area contributed by atoms with Crippen molar-refractivity contribution in [2.75, 3.05) is 12.0 Å². The van der Waals surface area contributed by atoms with Crippen LogP contribution in [0.4, 0.5) is 5.69 Å². The van der Waals surface area contributed by atoms with Gasteiger partial charge in [0.1, 0.15) is 6.04 Å². The molecule has 3 nitrogen and oxygen atoms in total. The zero-order valence-electron chi connectivity index (χ0n) is 13.8. The van der Waals surface area contributed by atoms with E-state index in [9.17, 15) is 4.79 Å². The Kier molecular flexibility index (Phi) is 4.13.